The Bertz CT molecular complexity index is 1470. The minimum Gasteiger partial charge on any atom is -0.508 e. The van der Waals surface area contributed by atoms with Crippen LogP contribution in [0.2, 0.25) is 0 Å². The molecule has 0 saturated heterocycles. The molecule has 0 bridgehead atoms. The zero-order valence-electron chi connectivity index (χ0n) is 22.3. The van der Waals surface area contributed by atoms with Crippen molar-refractivity contribution in [3.05, 3.63) is 131 Å². The van der Waals surface area contributed by atoms with E-state index in [1.54, 1.807) is 84.9 Å². The van der Waals surface area contributed by atoms with Crippen molar-refractivity contribution < 1.29 is 19.5 Å². The lowest BCUT2D eigenvalue weighted by Crippen LogP contribution is -2.48. The number of rotatable bonds is 10. The number of hydrogen-bond donors (Lipinski definition) is 4. The highest BCUT2D eigenvalue weighted by molar-refractivity contribution is 6.02. The number of aliphatic imine (C=N–C) groups is 1. The number of phenolic OH excluding ortho intramolecular Hbond substituents is 1. The van der Waals surface area contributed by atoms with E-state index in [2.05, 4.69) is 10.3 Å². The maximum Gasteiger partial charge on any atom is 0.248 e. The van der Waals surface area contributed by atoms with Gasteiger partial charge >= 0.3 is 0 Å². The van der Waals surface area contributed by atoms with Crippen LogP contribution in [0.25, 0.3) is 0 Å². The molecule has 4 aromatic carbocycles. The summed E-state index contributed by atoms with van der Waals surface area (Å²) in [6.07, 6.45) is -0.173. The number of phenols is 1. The maximum atomic E-state index is 13.9. The minimum absolute atomic E-state index is 0.0866. The summed E-state index contributed by atoms with van der Waals surface area (Å²) in [4.78, 5) is 46.7. The molecule has 208 valence electrons. The molecule has 3 amide bonds. The van der Waals surface area contributed by atoms with E-state index in [9.17, 15) is 19.5 Å². The summed E-state index contributed by atoms with van der Waals surface area (Å²) in [6, 6.07) is 29.6. The van der Waals surface area contributed by atoms with Crippen LogP contribution in [-0.4, -0.2) is 33.7 Å². The highest BCUT2D eigenvalue weighted by Crippen LogP contribution is 2.27. The molecule has 0 aliphatic heterocycles. The van der Waals surface area contributed by atoms with Crippen LogP contribution in [0.3, 0.4) is 0 Å². The molecule has 1 unspecified atom stereocenters. The van der Waals surface area contributed by atoms with Crippen molar-refractivity contribution in [2.45, 2.75) is 25.4 Å². The van der Waals surface area contributed by atoms with Gasteiger partial charge in [-0.15, -0.1) is 0 Å². The maximum absolute atomic E-state index is 13.9. The van der Waals surface area contributed by atoms with Crippen LogP contribution in [0.15, 0.2) is 114 Å². The van der Waals surface area contributed by atoms with Crippen molar-refractivity contribution >= 4 is 29.4 Å². The SMILES string of the molecule is NC(N)=Nc1cccc(C(C(=O)NCc2ccc(O)cc2)N(C(=O)Cc2ccccc2)C(=O)Cc2ccccc2)c1. The number of carbonyl (C=O) groups is 3. The molecule has 0 saturated carbocycles. The summed E-state index contributed by atoms with van der Waals surface area (Å²) in [7, 11) is 0. The Labute approximate surface area is 238 Å². The molecular formula is C32H31N5O4. The first kappa shape index (κ1) is 28.6. The second-order valence-electron chi connectivity index (χ2n) is 9.40. The van der Waals surface area contributed by atoms with Crippen molar-refractivity contribution in [1.82, 2.24) is 10.2 Å². The van der Waals surface area contributed by atoms with E-state index in [4.69, 9.17) is 11.5 Å². The van der Waals surface area contributed by atoms with E-state index in [0.29, 0.717) is 22.4 Å². The summed E-state index contributed by atoms with van der Waals surface area (Å²) >= 11 is 0. The molecular weight excluding hydrogens is 518 g/mol. The fourth-order valence-corrected chi connectivity index (χ4v) is 4.37. The first-order chi connectivity index (χ1) is 19.8. The second-order valence-corrected chi connectivity index (χ2v) is 9.40. The standard InChI is InChI=1S/C32H31N5O4/c33-32(34)36-26-13-7-12-25(20-26)30(31(41)35-21-24-14-16-27(38)17-15-24)37(28(39)18-22-8-3-1-4-9-22)29(40)19-23-10-5-2-6-11-23/h1-17,20,30,38H,18-19,21H2,(H,35,41)(H4,33,34,36). The predicted molar refractivity (Wildman–Crippen MR) is 157 cm³/mol. The zero-order valence-corrected chi connectivity index (χ0v) is 22.3. The van der Waals surface area contributed by atoms with Gasteiger partial charge in [-0.25, -0.2) is 4.99 Å². The quantitative estimate of drug-likeness (QED) is 0.176. The van der Waals surface area contributed by atoms with Gasteiger partial charge in [0, 0.05) is 6.54 Å². The van der Waals surface area contributed by atoms with Gasteiger partial charge in [-0.3, -0.25) is 19.3 Å². The number of aromatic hydroxyl groups is 1. The van der Waals surface area contributed by atoms with Crippen LogP contribution in [0.1, 0.15) is 28.3 Å². The lowest BCUT2D eigenvalue weighted by Gasteiger charge is -2.30. The Hall–Kier alpha value is -5.44. The van der Waals surface area contributed by atoms with Crippen LogP contribution < -0.4 is 16.8 Å². The molecule has 4 aromatic rings. The van der Waals surface area contributed by atoms with Crippen LogP contribution in [0, 0.1) is 0 Å². The third-order valence-electron chi connectivity index (χ3n) is 6.29. The Morgan fingerprint density at radius 2 is 1.29 bits per heavy atom. The van der Waals surface area contributed by atoms with Crippen molar-refractivity contribution in [2.75, 3.05) is 0 Å². The minimum atomic E-state index is -1.31. The number of amides is 3. The molecule has 1 atom stereocenters. The lowest BCUT2D eigenvalue weighted by atomic mass is 10.0. The molecule has 0 spiro atoms. The number of carbonyl (C=O) groups excluding carboxylic acids is 3. The summed E-state index contributed by atoms with van der Waals surface area (Å²) in [6.45, 7) is 0.108. The molecule has 4 rings (SSSR count). The molecule has 0 aliphatic carbocycles. The normalized spacial score (nSPS) is 11.2. The summed E-state index contributed by atoms with van der Waals surface area (Å²) in [5.74, 6) is -1.71. The van der Waals surface area contributed by atoms with Crippen LogP contribution in [-0.2, 0) is 33.8 Å². The van der Waals surface area contributed by atoms with Gasteiger partial charge in [0.1, 0.15) is 11.8 Å². The van der Waals surface area contributed by atoms with Gasteiger partial charge in [-0.05, 0) is 46.5 Å². The van der Waals surface area contributed by atoms with E-state index in [-0.39, 0.29) is 31.1 Å². The number of hydrogen-bond acceptors (Lipinski definition) is 5. The first-order valence-electron chi connectivity index (χ1n) is 13.0. The fourth-order valence-electron chi connectivity index (χ4n) is 4.37. The Morgan fingerprint density at radius 1 is 0.732 bits per heavy atom. The number of nitrogens with two attached hydrogens (primary N) is 2. The van der Waals surface area contributed by atoms with Gasteiger partial charge in [-0.2, -0.15) is 0 Å². The summed E-state index contributed by atoms with van der Waals surface area (Å²) in [5, 5.41) is 12.4. The van der Waals surface area contributed by atoms with Gasteiger partial charge in [0.2, 0.25) is 17.7 Å². The van der Waals surface area contributed by atoms with Crippen molar-refractivity contribution in [3.8, 4) is 5.75 Å². The third-order valence-corrected chi connectivity index (χ3v) is 6.29. The van der Waals surface area contributed by atoms with Crippen molar-refractivity contribution in [2.24, 2.45) is 16.5 Å². The van der Waals surface area contributed by atoms with Crippen molar-refractivity contribution in [3.63, 3.8) is 0 Å². The molecule has 0 radical (unpaired) electrons. The van der Waals surface area contributed by atoms with Crippen LogP contribution in [0.4, 0.5) is 5.69 Å². The highest BCUT2D eigenvalue weighted by Gasteiger charge is 2.36. The average Bonchev–Trinajstić information content (AvgIpc) is 2.96. The molecule has 9 heteroatoms. The van der Waals surface area contributed by atoms with Crippen LogP contribution in [0.5, 0.6) is 5.75 Å². The average molecular weight is 550 g/mol. The topological polar surface area (TPSA) is 151 Å². The van der Waals surface area contributed by atoms with Gasteiger partial charge < -0.3 is 21.9 Å². The van der Waals surface area contributed by atoms with E-state index in [1.165, 1.54) is 12.1 Å². The summed E-state index contributed by atoms with van der Waals surface area (Å²) in [5.41, 5.74) is 14.0. The number of benzene rings is 4. The fraction of sp³-hybridized carbons (Fsp3) is 0.125. The lowest BCUT2D eigenvalue weighted by molar-refractivity contribution is -0.151. The van der Waals surface area contributed by atoms with Gasteiger partial charge in [0.05, 0.1) is 18.5 Å². The Balaban J connectivity index is 1.75. The van der Waals surface area contributed by atoms with Gasteiger partial charge in [0.15, 0.2) is 5.96 Å². The first-order valence-corrected chi connectivity index (χ1v) is 13.0. The zero-order chi connectivity index (χ0) is 29.2. The molecule has 0 aliphatic rings. The molecule has 0 fully saturated rings. The molecule has 0 heterocycles. The van der Waals surface area contributed by atoms with Gasteiger partial charge in [-0.1, -0.05) is 84.9 Å². The van der Waals surface area contributed by atoms with E-state index < -0.39 is 23.8 Å². The Kier molecular flexibility index (Phi) is 9.45. The third kappa shape index (κ3) is 8.03. The van der Waals surface area contributed by atoms with E-state index >= 15 is 0 Å². The number of imide groups is 1. The molecule has 41 heavy (non-hydrogen) atoms. The van der Waals surface area contributed by atoms with Gasteiger partial charge in [0.25, 0.3) is 0 Å². The highest BCUT2D eigenvalue weighted by atomic mass is 16.3. The number of nitrogens with zero attached hydrogens (tertiary/aromatic N) is 2. The Morgan fingerprint density at radius 3 is 1.83 bits per heavy atom. The number of nitrogens with one attached hydrogen (secondary N) is 1. The smallest absolute Gasteiger partial charge is 0.248 e. The number of guanidine groups is 1. The van der Waals surface area contributed by atoms with Crippen molar-refractivity contribution in [1.29, 1.82) is 0 Å². The molecule has 0 aromatic heterocycles. The molecule has 9 nitrogen and oxygen atoms in total. The summed E-state index contributed by atoms with van der Waals surface area (Å²) < 4.78 is 0. The second kappa shape index (κ2) is 13.6. The van der Waals surface area contributed by atoms with E-state index in [1.807, 2.05) is 12.1 Å². The van der Waals surface area contributed by atoms with Crippen LogP contribution >= 0.6 is 0 Å². The van der Waals surface area contributed by atoms with E-state index in [0.717, 1.165) is 10.5 Å². The monoisotopic (exact) mass is 549 g/mol. The largest absolute Gasteiger partial charge is 0.508 e. The predicted octanol–water partition coefficient (Wildman–Crippen LogP) is 3.50. The molecule has 6 N–H and O–H groups in total.